The third kappa shape index (κ3) is 7.14. The van der Waals surface area contributed by atoms with Crippen molar-refractivity contribution < 1.29 is 27.6 Å². The van der Waals surface area contributed by atoms with Crippen molar-refractivity contribution in [3.05, 3.63) is 121 Å². The molecule has 0 heterocycles. The first kappa shape index (κ1) is 22.5. The lowest BCUT2D eigenvalue weighted by Crippen LogP contribution is -2.29. The maximum Gasteiger partial charge on any atom is 0.590 e. The number of hydrogen-bond donors (Lipinski definition) is 0. The number of phosphoric ester groups is 1. The highest BCUT2D eigenvalue weighted by Crippen LogP contribution is 2.50. The van der Waals surface area contributed by atoms with Crippen LogP contribution < -0.4 is 18.5 Å². The van der Waals surface area contributed by atoms with Crippen LogP contribution in [0.3, 0.4) is 0 Å². The van der Waals surface area contributed by atoms with Crippen LogP contribution >= 0.6 is 7.82 Å². The van der Waals surface area contributed by atoms with Crippen LogP contribution in [-0.4, -0.2) is 12.9 Å². The Bertz CT molecular complexity index is 1100. The lowest BCUT2D eigenvalue weighted by molar-refractivity contribution is -0.0414. The molecule has 0 N–H and O–H groups in total. The van der Waals surface area contributed by atoms with E-state index in [1.54, 1.807) is 72.8 Å². The lowest BCUT2D eigenvalue weighted by atomic mass is 10.3. The summed E-state index contributed by atoms with van der Waals surface area (Å²) in [5.41, 5.74) is 0. The molecule has 0 saturated carbocycles. The zero-order valence-corrected chi connectivity index (χ0v) is 18.6. The lowest BCUT2D eigenvalue weighted by Gasteiger charge is -2.25. The van der Waals surface area contributed by atoms with Gasteiger partial charge in [0.1, 0.15) is 23.0 Å². The first-order chi connectivity index (χ1) is 16.2. The maximum absolute atomic E-state index is 13.8. The quantitative estimate of drug-likeness (QED) is 0.181. The normalized spacial score (nSPS) is 11.9. The van der Waals surface area contributed by atoms with Gasteiger partial charge >= 0.3 is 7.82 Å². The minimum absolute atomic E-state index is 0.0564. The molecule has 0 amide bonds. The van der Waals surface area contributed by atoms with Gasteiger partial charge in [0.15, 0.2) is 6.61 Å². The second-order valence-electron chi connectivity index (χ2n) is 6.85. The maximum atomic E-state index is 13.8. The van der Waals surface area contributed by atoms with Crippen molar-refractivity contribution in [3.63, 3.8) is 0 Å². The van der Waals surface area contributed by atoms with Crippen LogP contribution in [0.15, 0.2) is 121 Å². The van der Waals surface area contributed by atoms with Gasteiger partial charge in [-0.3, -0.25) is 0 Å². The SMILES string of the molecule is O=P(Oc1ccccc1)(Oc1ccccc1)OC(COc1ccccc1)Oc1ccccc1. The molecule has 1 atom stereocenters. The van der Waals surface area contributed by atoms with Gasteiger partial charge in [-0.1, -0.05) is 72.8 Å². The number of benzene rings is 4. The number of hydrogen-bond acceptors (Lipinski definition) is 6. The molecule has 0 fully saturated rings. The predicted molar refractivity (Wildman–Crippen MR) is 126 cm³/mol. The fourth-order valence-electron chi connectivity index (χ4n) is 2.84. The summed E-state index contributed by atoms with van der Waals surface area (Å²) >= 11 is 0. The first-order valence-corrected chi connectivity index (χ1v) is 11.8. The second-order valence-corrected chi connectivity index (χ2v) is 8.32. The Hall–Kier alpha value is -3.73. The second kappa shape index (κ2) is 11.2. The highest BCUT2D eigenvalue weighted by Gasteiger charge is 2.36. The Labute approximate surface area is 192 Å². The van der Waals surface area contributed by atoms with E-state index in [0.717, 1.165) is 0 Å². The standard InChI is InChI=1S/C26H23O6P/c27-33(30-24-17-9-3-10-18-24,31-25-19-11-4-12-20-25)32-26(29-23-15-7-2-8-16-23)21-28-22-13-5-1-6-14-22/h1-20,26H,21H2. The summed E-state index contributed by atoms with van der Waals surface area (Å²) in [6, 6.07) is 35.6. The molecule has 0 aliphatic heterocycles. The Kier molecular flexibility index (Phi) is 7.64. The van der Waals surface area contributed by atoms with Crippen molar-refractivity contribution in [1.82, 2.24) is 0 Å². The van der Waals surface area contributed by atoms with E-state index in [9.17, 15) is 4.57 Å². The van der Waals surface area contributed by atoms with Crippen molar-refractivity contribution >= 4 is 7.82 Å². The number of para-hydroxylation sites is 4. The van der Waals surface area contributed by atoms with Gasteiger partial charge in [0.05, 0.1) is 0 Å². The van der Waals surface area contributed by atoms with Crippen molar-refractivity contribution in [2.75, 3.05) is 6.61 Å². The molecule has 4 aromatic rings. The summed E-state index contributed by atoms with van der Waals surface area (Å²) < 4.78 is 42.7. The molecule has 0 saturated heterocycles. The van der Waals surface area contributed by atoms with Gasteiger partial charge in [-0.2, -0.15) is 0 Å². The third-order valence-corrected chi connectivity index (χ3v) is 5.67. The van der Waals surface area contributed by atoms with Gasteiger partial charge in [0.25, 0.3) is 0 Å². The van der Waals surface area contributed by atoms with Gasteiger partial charge in [0.2, 0.25) is 6.29 Å². The highest BCUT2D eigenvalue weighted by molar-refractivity contribution is 7.49. The molecule has 0 aliphatic carbocycles. The molecular weight excluding hydrogens is 439 g/mol. The van der Waals surface area contributed by atoms with Crippen molar-refractivity contribution in [1.29, 1.82) is 0 Å². The third-order valence-electron chi connectivity index (χ3n) is 4.31. The van der Waals surface area contributed by atoms with Gasteiger partial charge in [-0.15, -0.1) is 0 Å². The predicted octanol–water partition coefficient (Wildman–Crippen LogP) is 6.75. The van der Waals surface area contributed by atoms with E-state index in [1.165, 1.54) is 0 Å². The molecular formula is C26H23O6P. The fraction of sp³-hybridized carbons (Fsp3) is 0.0769. The van der Waals surface area contributed by atoms with Crippen LogP contribution in [0.2, 0.25) is 0 Å². The van der Waals surface area contributed by atoms with E-state index < -0.39 is 14.1 Å². The van der Waals surface area contributed by atoms with E-state index in [1.807, 2.05) is 48.5 Å². The largest absolute Gasteiger partial charge is 0.590 e. The molecule has 0 bridgehead atoms. The Morgan fingerprint density at radius 1 is 0.545 bits per heavy atom. The molecule has 4 aromatic carbocycles. The first-order valence-electron chi connectivity index (χ1n) is 10.4. The minimum Gasteiger partial charge on any atom is -0.487 e. The zero-order valence-electron chi connectivity index (χ0n) is 17.7. The monoisotopic (exact) mass is 462 g/mol. The smallest absolute Gasteiger partial charge is 0.487 e. The molecule has 33 heavy (non-hydrogen) atoms. The van der Waals surface area contributed by atoms with Crippen LogP contribution in [0.4, 0.5) is 0 Å². The van der Waals surface area contributed by atoms with E-state index in [4.69, 9.17) is 23.0 Å². The fourth-order valence-corrected chi connectivity index (χ4v) is 4.12. The van der Waals surface area contributed by atoms with Gasteiger partial charge < -0.3 is 18.5 Å². The van der Waals surface area contributed by atoms with E-state index in [0.29, 0.717) is 23.0 Å². The molecule has 0 radical (unpaired) electrons. The molecule has 0 aliphatic rings. The van der Waals surface area contributed by atoms with Crippen LogP contribution in [-0.2, 0) is 9.09 Å². The molecule has 0 aromatic heterocycles. The van der Waals surface area contributed by atoms with Crippen molar-refractivity contribution in [3.8, 4) is 23.0 Å². The zero-order chi connectivity index (χ0) is 22.8. The van der Waals surface area contributed by atoms with Gasteiger partial charge in [-0.25, -0.2) is 9.09 Å². The topological polar surface area (TPSA) is 63.2 Å². The van der Waals surface area contributed by atoms with Crippen LogP contribution in [0.25, 0.3) is 0 Å². The summed E-state index contributed by atoms with van der Waals surface area (Å²) in [6.45, 7) is -0.0564. The minimum atomic E-state index is -4.18. The number of rotatable bonds is 11. The average Bonchev–Trinajstić information content (AvgIpc) is 2.85. The van der Waals surface area contributed by atoms with Crippen molar-refractivity contribution in [2.24, 2.45) is 0 Å². The van der Waals surface area contributed by atoms with Gasteiger partial charge in [0, 0.05) is 0 Å². The molecule has 0 spiro atoms. The summed E-state index contributed by atoms with van der Waals surface area (Å²) in [6.07, 6.45) is -1.09. The molecule has 1 unspecified atom stereocenters. The van der Waals surface area contributed by atoms with E-state index in [2.05, 4.69) is 0 Å². The van der Waals surface area contributed by atoms with Crippen molar-refractivity contribution in [2.45, 2.75) is 6.29 Å². The average molecular weight is 462 g/mol. The summed E-state index contributed by atoms with van der Waals surface area (Å²) in [5, 5.41) is 0. The Morgan fingerprint density at radius 3 is 1.39 bits per heavy atom. The number of ether oxygens (including phenoxy) is 2. The Morgan fingerprint density at radius 2 is 0.939 bits per heavy atom. The summed E-state index contributed by atoms with van der Waals surface area (Å²) in [7, 11) is -4.18. The van der Waals surface area contributed by atoms with Crippen LogP contribution in [0, 0.1) is 0 Å². The van der Waals surface area contributed by atoms with E-state index >= 15 is 0 Å². The molecule has 168 valence electrons. The number of phosphoric acid groups is 1. The summed E-state index contributed by atoms with van der Waals surface area (Å²) in [5.74, 6) is 1.80. The summed E-state index contributed by atoms with van der Waals surface area (Å²) in [4.78, 5) is 0. The Balaban J connectivity index is 1.57. The molecule has 6 nitrogen and oxygen atoms in total. The van der Waals surface area contributed by atoms with Crippen LogP contribution in [0.5, 0.6) is 23.0 Å². The van der Waals surface area contributed by atoms with E-state index in [-0.39, 0.29) is 6.61 Å². The molecule has 4 rings (SSSR count). The molecule has 7 heteroatoms. The van der Waals surface area contributed by atoms with Crippen LogP contribution in [0.1, 0.15) is 0 Å². The van der Waals surface area contributed by atoms with Gasteiger partial charge in [-0.05, 0) is 48.5 Å². The highest BCUT2D eigenvalue weighted by atomic mass is 31.2.